The molecule has 2 N–H and O–H groups in total. The molecule has 0 bridgehead atoms. The summed E-state index contributed by atoms with van der Waals surface area (Å²) in [5, 5.41) is 10.8. The number of halogens is 2. The number of ether oxygens (including phenoxy) is 1. The van der Waals surface area contributed by atoms with Gasteiger partial charge in [0.25, 0.3) is 0 Å². The Morgan fingerprint density at radius 3 is 2.75 bits per heavy atom. The van der Waals surface area contributed by atoms with Gasteiger partial charge in [0.2, 0.25) is 5.95 Å². The average molecular weight is 563 g/mol. The number of thiophene rings is 1. The molecule has 0 saturated carbocycles. The molecule has 2 saturated heterocycles. The third kappa shape index (κ3) is 3.83. The predicted octanol–water partition coefficient (Wildman–Crippen LogP) is 3.88. The number of pyridine rings is 1. The third-order valence-electron chi connectivity index (χ3n) is 8.53. The molecule has 2 fully saturated rings. The molecular weight excluding hydrogens is 534 g/mol. The summed E-state index contributed by atoms with van der Waals surface area (Å²) in [6, 6.07) is 2.91. The molecule has 2 atom stereocenters. The summed E-state index contributed by atoms with van der Waals surface area (Å²) >= 11 is 0.961. The molecule has 1 aromatic carbocycles. The topological polar surface area (TPSA) is 107 Å². The van der Waals surface area contributed by atoms with E-state index in [9.17, 15) is 9.65 Å². The standard InChI is InChI=1S/C28H28F2N8OS/c1-14-10-36(2)5-6-38(14)15-3-4-37(11-15)28-34-8-17-18-12-39-13-19(18)21(23(30)24(17)35-28)25-22-16(7-31)27(32)40-26(22)20(29)9-33-25/h8-9,14-15H,3-6,10-13,32H2,1-2H3/t14-,15+/m0/s1. The Balaban J connectivity index is 1.33. The number of piperazine rings is 1. The zero-order valence-corrected chi connectivity index (χ0v) is 23.1. The second-order valence-electron chi connectivity index (χ2n) is 10.9. The Morgan fingerprint density at radius 1 is 1.12 bits per heavy atom. The van der Waals surface area contributed by atoms with Gasteiger partial charge in [-0.15, -0.1) is 11.3 Å². The first-order valence-electron chi connectivity index (χ1n) is 13.4. The van der Waals surface area contributed by atoms with Crippen LogP contribution >= 0.6 is 11.3 Å². The fraction of sp³-hybridized carbons (Fsp3) is 0.429. The van der Waals surface area contributed by atoms with Crippen molar-refractivity contribution >= 4 is 43.3 Å². The highest BCUT2D eigenvalue weighted by Crippen LogP contribution is 2.45. The van der Waals surface area contributed by atoms with E-state index in [2.05, 4.69) is 38.6 Å². The summed E-state index contributed by atoms with van der Waals surface area (Å²) < 4.78 is 37.2. The van der Waals surface area contributed by atoms with Crippen LogP contribution in [0.5, 0.6) is 0 Å². The molecule has 4 aromatic rings. The van der Waals surface area contributed by atoms with Crippen molar-refractivity contribution in [2.45, 2.75) is 38.6 Å². The van der Waals surface area contributed by atoms with Crippen LogP contribution < -0.4 is 10.6 Å². The van der Waals surface area contributed by atoms with Crippen molar-refractivity contribution in [3.63, 3.8) is 0 Å². The van der Waals surface area contributed by atoms with Gasteiger partial charge < -0.3 is 20.3 Å². The molecule has 9 nitrogen and oxygen atoms in total. The maximum Gasteiger partial charge on any atom is 0.226 e. The molecule has 0 radical (unpaired) electrons. The number of likely N-dealkylation sites (N-methyl/N-ethyl adjacent to an activating group) is 1. The van der Waals surface area contributed by atoms with E-state index in [4.69, 9.17) is 15.5 Å². The Hall–Kier alpha value is -3.50. The van der Waals surface area contributed by atoms with Crippen LogP contribution in [0.3, 0.4) is 0 Å². The van der Waals surface area contributed by atoms with E-state index in [-0.39, 0.29) is 50.6 Å². The molecular formula is C28H28F2N8OS. The minimum Gasteiger partial charge on any atom is -0.389 e. The van der Waals surface area contributed by atoms with Crippen LogP contribution in [0.2, 0.25) is 0 Å². The summed E-state index contributed by atoms with van der Waals surface area (Å²) in [5.74, 6) is -0.704. The first-order chi connectivity index (χ1) is 19.4. The molecule has 3 aliphatic rings. The number of hydrogen-bond donors (Lipinski definition) is 1. The van der Waals surface area contributed by atoms with Gasteiger partial charge in [-0.3, -0.25) is 9.88 Å². The first-order valence-corrected chi connectivity index (χ1v) is 14.2. The zero-order chi connectivity index (χ0) is 27.7. The summed E-state index contributed by atoms with van der Waals surface area (Å²) in [5.41, 5.74) is 8.05. The van der Waals surface area contributed by atoms with Gasteiger partial charge in [-0.1, -0.05) is 0 Å². The molecule has 40 heavy (non-hydrogen) atoms. The number of aromatic nitrogens is 3. The summed E-state index contributed by atoms with van der Waals surface area (Å²) in [6.45, 7) is 7.38. The van der Waals surface area contributed by atoms with E-state index in [1.165, 1.54) is 0 Å². The van der Waals surface area contributed by atoms with Gasteiger partial charge in [0, 0.05) is 67.3 Å². The molecule has 7 rings (SSSR count). The van der Waals surface area contributed by atoms with Crippen LogP contribution in [0.4, 0.5) is 19.7 Å². The van der Waals surface area contributed by atoms with Crippen LogP contribution in [0.1, 0.15) is 30.0 Å². The molecule has 12 heteroatoms. The largest absolute Gasteiger partial charge is 0.389 e. The quantitative estimate of drug-likeness (QED) is 0.398. The van der Waals surface area contributed by atoms with Crippen LogP contribution in [0.15, 0.2) is 12.4 Å². The monoisotopic (exact) mass is 562 g/mol. The van der Waals surface area contributed by atoms with E-state index >= 15 is 4.39 Å². The van der Waals surface area contributed by atoms with Gasteiger partial charge in [0.1, 0.15) is 16.6 Å². The van der Waals surface area contributed by atoms with Gasteiger partial charge in [-0.2, -0.15) is 5.26 Å². The van der Waals surface area contributed by atoms with Crippen LogP contribution in [0.25, 0.3) is 32.2 Å². The minimum absolute atomic E-state index is 0.0961. The van der Waals surface area contributed by atoms with Crippen molar-refractivity contribution in [3.05, 3.63) is 40.7 Å². The fourth-order valence-corrected chi connectivity index (χ4v) is 7.50. The number of nitrogens with two attached hydrogens (primary N) is 1. The Morgan fingerprint density at radius 2 is 1.95 bits per heavy atom. The van der Waals surface area contributed by atoms with Gasteiger partial charge in [0.05, 0.1) is 35.4 Å². The number of hydrogen-bond acceptors (Lipinski definition) is 10. The van der Waals surface area contributed by atoms with Crippen molar-refractivity contribution in [2.75, 3.05) is 50.4 Å². The highest BCUT2D eigenvalue weighted by molar-refractivity contribution is 7.23. The van der Waals surface area contributed by atoms with E-state index in [0.29, 0.717) is 29.0 Å². The van der Waals surface area contributed by atoms with Crippen LogP contribution in [-0.4, -0.2) is 76.6 Å². The summed E-state index contributed by atoms with van der Waals surface area (Å²) in [4.78, 5) is 20.7. The van der Waals surface area contributed by atoms with E-state index in [1.807, 2.05) is 6.07 Å². The van der Waals surface area contributed by atoms with Crippen molar-refractivity contribution < 1.29 is 13.5 Å². The highest BCUT2D eigenvalue weighted by Gasteiger charge is 2.35. The number of rotatable bonds is 3. The normalized spacial score (nSPS) is 21.9. The highest BCUT2D eigenvalue weighted by atomic mass is 32.1. The second kappa shape index (κ2) is 9.55. The van der Waals surface area contributed by atoms with Gasteiger partial charge >= 0.3 is 0 Å². The fourth-order valence-electron chi connectivity index (χ4n) is 6.58. The molecule has 6 heterocycles. The number of nitrogen functional groups attached to an aromatic ring is 1. The van der Waals surface area contributed by atoms with Crippen molar-refractivity contribution in [2.24, 2.45) is 0 Å². The van der Waals surface area contributed by atoms with Crippen molar-refractivity contribution in [1.29, 1.82) is 5.26 Å². The molecule has 0 aliphatic carbocycles. The molecule has 3 aromatic heterocycles. The lowest BCUT2D eigenvalue weighted by Gasteiger charge is -2.41. The van der Waals surface area contributed by atoms with Gasteiger partial charge in [-0.25, -0.2) is 18.7 Å². The van der Waals surface area contributed by atoms with Crippen molar-refractivity contribution in [1.82, 2.24) is 24.8 Å². The maximum absolute atomic E-state index is 16.6. The third-order valence-corrected chi connectivity index (χ3v) is 9.56. The first kappa shape index (κ1) is 25.5. The lowest BCUT2D eigenvalue weighted by Crippen LogP contribution is -2.54. The maximum atomic E-state index is 16.6. The second-order valence-corrected chi connectivity index (χ2v) is 12.0. The Kier molecular flexibility index (Phi) is 6.08. The van der Waals surface area contributed by atoms with E-state index < -0.39 is 11.6 Å². The Bertz CT molecular complexity index is 1720. The van der Waals surface area contributed by atoms with E-state index in [0.717, 1.165) is 62.2 Å². The van der Waals surface area contributed by atoms with Crippen LogP contribution in [0, 0.1) is 23.0 Å². The number of nitrogens with zero attached hydrogens (tertiary/aromatic N) is 7. The molecule has 3 aliphatic heterocycles. The minimum atomic E-state index is -0.603. The summed E-state index contributed by atoms with van der Waals surface area (Å²) in [7, 11) is 2.16. The SMILES string of the molecule is C[C@H]1CN(C)CCN1[C@@H]1CCN(c2ncc3c4c(c(-c5ncc(F)c6sc(N)c(C#N)c56)c(F)c3n2)COC4)C1. The molecule has 0 amide bonds. The van der Waals surface area contributed by atoms with Gasteiger partial charge in [-0.05, 0) is 31.5 Å². The number of benzene rings is 1. The van der Waals surface area contributed by atoms with Crippen molar-refractivity contribution in [3.8, 4) is 17.3 Å². The summed E-state index contributed by atoms with van der Waals surface area (Å²) in [6.07, 6.45) is 3.73. The van der Waals surface area contributed by atoms with E-state index in [1.54, 1.807) is 6.20 Å². The lowest BCUT2D eigenvalue weighted by molar-refractivity contribution is 0.0686. The molecule has 206 valence electrons. The smallest absolute Gasteiger partial charge is 0.226 e. The predicted molar refractivity (Wildman–Crippen MR) is 150 cm³/mol. The number of anilines is 2. The number of fused-ring (bicyclic) bond motifs is 4. The lowest BCUT2D eigenvalue weighted by atomic mass is 9.94. The Labute approximate surface area is 233 Å². The molecule has 0 unspecified atom stereocenters. The molecule has 0 spiro atoms. The van der Waals surface area contributed by atoms with Gasteiger partial charge in [0.15, 0.2) is 11.6 Å². The zero-order valence-electron chi connectivity index (χ0n) is 22.2. The van der Waals surface area contributed by atoms with Crippen LogP contribution in [-0.2, 0) is 18.0 Å². The number of nitriles is 1. The average Bonchev–Trinajstić information content (AvgIpc) is 3.69.